The van der Waals surface area contributed by atoms with Gasteiger partial charge in [-0.1, -0.05) is 13.3 Å². The number of nitrogens with zero attached hydrogens (tertiary/aromatic N) is 4. The van der Waals surface area contributed by atoms with Gasteiger partial charge in [0, 0.05) is 19.5 Å². The molecule has 1 unspecified atom stereocenters. The third-order valence-corrected chi connectivity index (χ3v) is 3.73. The summed E-state index contributed by atoms with van der Waals surface area (Å²) in [5, 5.41) is 6.74. The van der Waals surface area contributed by atoms with Gasteiger partial charge < -0.3 is 15.2 Å². The quantitative estimate of drug-likeness (QED) is 0.901. The van der Waals surface area contributed by atoms with E-state index in [1.165, 1.54) is 4.90 Å². The molecule has 1 aliphatic rings. The Hall–Kier alpha value is -1.64. The van der Waals surface area contributed by atoms with Gasteiger partial charge in [-0.2, -0.15) is 13.2 Å². The van der Waals surface area contributed by atoms with Crippen LogP contribution in [0, 0.1) is 5.92 Å². The van der Waals surface area contributed by atoms with Crippen molar-refractivity contribution in [2.75, 3.05) is 13.1 Å². The van der Waals surface area contributed by atoms with Crippen LogP contribution in [0.3, 0.4) is 0 Å². The number of rotatable bonds is 4. The molecule has 118 valence electrons. The molecule has 0 aromatic carbocycles. The first kappa shape index (κ1) is 15.7. The van der Waals surface area contributed by atoms with Crippen LogP contribution in [-0.4, -0.2) is 38.7 Å². The fourth-order valence-electron chi connectivity index (χ4n) is 2.35. The standard InChI is InChI=1S/C12H18F3N5O/c1-2-8(6-16)5-10(21)19-3-4-20-9(7-19)17-18-11(20)12(13,14)15/h8H,2-7,16H2,1H3. The van der Waals surface area contributed by atoms with Gasteiger partial charge in [0.05, 0.1) is 6.54 Å². The highest BCUT2D eigenvalue weighted by molar-refractivity contribution is 5.76. The Morgan fingerprint density at radius 2 is 2.10 bits per heavy atom. The second-order valence-electron chi connectivity index (χ2n) is 5.12. The molecule has 1 atom stereocenters. The van der Waals surface area contributed by atoms with Crippen LogP contribution in [-0.2, 0) is 24.1 Å². The summed E-state index contributed by atoms with van der Waals surface area (Å²) in [6.07, 6.45) is -3.41. The van der Waals surface area contributed by atoms with Gasteiger partial charge in [0.1, 0.15) is 0 Å². The average molecular weight is 305 g/mol. The van der Waals surface area contributed by atoms with Crippen molar-refractivity contribution in [2.24, 2.45) is 11.7 Å². The van der Waals surface area contributed by atoms with Crippen molar-refractivity contribution >= 4 is 5.91 Å². The van der Waals surface area contributed by atoms with E-state index < -0.39 is 12.0 Å². The molecule has 6 nitrogen and oxygen atoms in total. The summed E-state index contributed by atoms with van der Waals surface area (Å²) in [5.41, 5.74) is 5.57. The van der Waals surface area contributed by atoms with Crippen molar-refractivity contribution < 1.29 is 18.0 Å². The molecule has 2 heterocycles. The zero-order valence-corrected chi connectivity index (χ0v) is 11.7. The maximum absolute atomic E-state index is 12.7. The number of hydrogen-bond donors (Lipinski definition) is 1. The van der Waals surface area contributed by atoms with E-state index in [4.69, 9.17) is 5.73 Å². The number of fused-ring (bicyclic) bond motifs is 1. The SMILES string of the molecule is CCC(CN)CC(=O)N1CCn2c(nnc2C(F)(F)F)C1. The second kappa shape index (κ2) is 6.00. The van der Waals surface area contributed by atoms with Crippen LogP contribution < -0.4 is 5.73 Å². The molecule has 0 spiro atoms. The van der Waals surface area contributed by atoms with Gasteiger partial charge in [-0.15, -0.1) is 10.2 Å². The van der Waals surface area contributed by atoms with E-state index in [1.807, 2.05) is 6.92 Å². The van der Waals surface area contributed by atoms with E-state index in [9.17, 15) is 18.0 Å². The van der Waals surface area contributed by atoms with Crippen molar-refractivity contribution in [1.29, 1.82) is 0 Å². The summed E-state index contributed by atoms with van der Waals surface area (Å²) in [5.74, 6) is -0.834. The Kier molecular flexibility index (Phi) is 4.50. The molecular weight excluding hydrogens is 287 g/mol. The summed E-state index contributed by atoms with van der Waals surface area (Å²) in [4.78, 5) is 13.6. The minimum Gasteiger partial charge on any atom is -0.333 e. The lowest BCUT2D eigenvalue weighted by Crippen LogP contribution is -2.40. The smallest absolute Gasteiger partial charge is 0.333 e. The van der Waals surface area contributed by atoms with Crippen LogP contribution in [0.25, 0.3) is 0 Å². The lowest BCUT2D eigenvalue weighted by molar-refractivity contribution is -0.148. The highest BCUT2D eigenvalue weighted by Crippen LogP contribution is 2.29. The molecule has 0 aliphatic carbocycles. The predicted octanol–water partition coefficient (Wildman–Crippen LogP) is 1.01. The predicted molar refractivity (Wildman–Crippen MR) is 67.9 cm³/mol. The highest BCUT2D eigenvalue weighted by atomic mass is 19.4. The fourth-order valence-corrected chi connectivity index (χ4v) is 2.35. The van der Waals surface area contributed by atoms with Crippen LogP contribution in [0.2, 0.25) is 0 Å². The van der Waals surface area contributed by atoms with Gasteiger partial charge in [-0.25, -0.2) is 0 Å². The van der Waals surface area contributed by atoms with Crippen LogP contribution >= 0.6 is 0 Å². The molecule has 2 rings (SSSR count). The summed E-state index contributed by atoms with van der Waals surface area (Å²) in [7, 11) is 0. The Balaban J connectivity index is 2.07. The Morgan fingerprint density at radius 3 is 2.67 bits per heavy atom. The Labute approximate surface area is 120 Å². The van der Waals surface area contributed by atoms with Crippen molar-refractivity contribution in [1.82, 2.24) is 19.7 Å². The number of hydrogen-bond acceptors (Lipinski definition) is 4. The summed E-state index contributed by atoms with van der Waals surface area (Å²) < 4.78 is 39.2. The number of nitrogens with two attached hydrogens (primary N) is 1. The first-order valence-corrected chi connectivity index (χ1v) is 6.83. The summed E-state index contributed by atoms with van der Waals surface area (Å²) >= 11 is 0. The van der Waals surface area contributed by atoms with Crippen molar-refractivity contribution in [3.05, 3.63) is 11.6 Å². The molecule has 2 N–H and O–H groups in total. The lowest BCUT2D eigenvalue weighted by atomic mass is 10.0. The molecule has 9 heteroatoms. The monoisotopic (exact) mass is 305 g/mol. The van der Waals surface area contributed by atoms with Crippen LogP contribution in [0.15, 0.2) is 0 Å². The largest absolute Gasteiger partial charge is 0.451 e. The molecule has 0 fully saturated rings. The minimum absolute atomic E-state index is 0.0579. The maximum atomic E-state index is 12.7. The maximum Gasteiger partial charge on any atom is 0.451 e. The number of aromatic nitrogens is 3. The van der Waals surface area contributed by atoms with Crippen molar-refractivity contribution in [3.8, 4) is 0 Å². The molecule has 21 heavy (non-hydrogen) atoms. The second-order valence-corrected chi connectivity index (χ2v) is 5.12. The Morgan fingerprint density at radius 1 is 1.38 bits per heavy atom. The number of carbonyl (C=O) groups excluding carboxylic acids is 1. The van der Waals surface area contributed by atoms with Crippen LogP contribution in [0.1, 0.15) is 31.4 Å². The number of alkyl halides is 3. The van der Waals surface area contributed by atoms with Gasteiger partial charge in [0.2, 0.25) is 11.7 Å². The molecular formula is C12H18F3N5O. The normalized spacial score (nSPS) is 16.7. The third-order valence-electron chi connectivity index (χ3n) is 3.73. The van der Waals surface area contributed by atoms with Crippen LogP contribution in [0.4, 0.5) is 13.2 Å². The third kappa shape index (κ3) is 3.34. The van der Waals surface area contributed by atoms with Crippen LogP contribution in [0.5, 0.6) is 0 Å². The number of carbonyl (C=O) groups is 1. The molecule has 1 amide bonds. The molecule has 1 aromatic rings. The van der Waals surface area contributed by atoms with E-state index in [0.29, 0.717) is 13.0 Å². The number of amides is 1. The van der Waals surface area contributed by atoms with Gasteiger partial charge in [0.15, 0.2) is 5.82 Å². The van der Waals surface area contributed by atoms with Gasteiger partial charge >= 0.3 is 6.18 Å². The highest BCUT2D eigenvalue weighted by Gasteiger charge is 2.39. The Bertz CT molecular complexity index is 509. The van der Waals surface area contributed by atoms with Crippen molar-refractivity contribution in [2.45, 2.75) is 39.0 Å². The van der Waals surface area contributed by atoms with E-state index >= 15 is 0 Å². The lowest BCUT2D eigenvalue weighted by Gasteiger charge is -2.29. The fraction of sp³-hybridized carbons (Fsp3) is 0.750. The summed E-state index contributed by atoms with van der Waals surface area (Å²) in [6.45, 7) is 2.72. The van der Waals surface area contributed by atoms with E-state index in [1.54, 1.807) is 0 Å². The topological polar surface area (TPSA) is 77.0 Å². The van der Waals surface area contributed by atoms with Gasteiger partial charge in [0.25, 0.3) is 0 Å². The number of halogens is 3. The minimum atomic E-state index is -4.52. The van der Waals surface area contributed by atoms with E-state index in [0.717, 1.165) is 11.0 Å². The van der Waals surface area contributed by atoms with Gasteiger partial charge in [-0.05, 0) is 12.5 Å². The van der Waals surface area contributed by atoms with Crippen molar-refractivity contribution in [3.63, 3.8) is 0 Å². The summed E-state index contributed by atoms with van der Waals surface area (Å²) in [6, 6.07) is 0. The van der Waals surface area contributed by atoms with E-state index in [2.05, 4.69) is 10.2 Å². The first-order valence-electron chi connectivity index (χ1n) is 6.83. The molecule has 0 saturated heterocycles. The van der Waals surface area contributed by atoms with Gasteiger partial charge in [-0.3, -0.25) is 4.79 Å². The average Bonchev–Trinajstić information content (AvgIpc) is 2.87. The molecule has 1 aliphatic heterocycles. The first-order chi connectivity index (χ1) is 9.86. The molecule has 0 radical (unpaired) electrons. The zero-order chi connectivity index (χ0) is 15.6. The van der Waals surface area contributed by atoms with E-state index in [-0.39, 0.29) is 37.3 Å². The molecule has 1 aromatic heterocycles. The zero-order valence-electron chi connectivity index (χ0n) is 11.7. The molecule has 0 saturated carbocycles. The molecule has 0 bridgehead atoms.